The number of benzene rings is 1. The van der Waals surface area contributed by atoms with Gasteiger partial charge in [-0.1, -0.05) is 6.92 Å². The molecule has 0 bridgehead atoms. The number of methoxy groups -OCH3 is 2. The van der Waals surface area contributed by atoms with E-state index in [2.05, 4.69) is 15.3 Å². The lowest BCUT2D eigenvalue weighted by Crippen LogP contribution is -2.16. The van der Waals surface area contributed by atoms with Crippen LogP contribution in [0.25, 0.3) is 10.9 Å². The van der Waals surface area contributed by atoms with Crippen molar-refractivity contribution in [2.24, 2.45) is 0 Å². The summed E-state index contributed by atoms with van der Waals surface area (Å²) in [4.78, 5) is 8.41. The minimum absolute atomic E-state index is 0.139. The Balaban J connectivity index is 1.99. The van der Waals surface area contributed by atoms with Gasteiger partial charge in [0.05, 0.1) is 19.2 Å². The van der Waals surface area contributed by atoms with Crippen molar-refractivity contribution in [1.29, 1.82) is 0 Å². The molecule has 2 aromatic heterocycles. The van der Waals surface area contributed by atoms with E-state index >= 15 is 0 Å². The monoisotopic (exact) mass is 345 g/mol. The van der Waals surface area contributed by atoms with Gasteiger partial charge in [-0.05, 0) is 18.2 Å². The van der Waals surface area contributed by atoms with Gasteiger partial charge in [0.15, 0.2) is 11.6 Å². The van der Waals surface area contributed by atoms with Crippen molar-refractivity contribution in [3.8, 4) is 5.75 Å². The molecule has 0 saturated carbocycles. The minimum atomic E-state index is -0.466. The predicted octanol–water partition coefficient (Wildman–Crippen LogP) is 3.73. The Bertz CT molecular complexity index is 866. The molecule has 3 rings (SSSR count). The second-order valence-corrected chi connectivity index (χ2v) is 5.54. The molecule has 1 N–H and O–H groups in total. The highest BCUT2D eigenvalue weighted by molar-refractivity contribution is 5.90. The number of hydrogen-bond acceptors (Lipinski definition) is 6. The zero-order valence-electron chi connectivity index (χ0n) is 14.4. The van der Waals surface area contributed by atoms with Gasteiger partial charge in [-0.3, -0.25) is 0 Å². The number of furan rings is 1. The van der Waals surface area contributed by atoms with Crippen molar-refractivity contribution >= 4 is 16.7 Å². The number of nitrogens with one attached hydrogen (secondary N) is 1. The molecule has 25 heavy (non-hydrogen) atoms. The zero-order valence-corrected chi connectivity index (χ0v) is 14.4. The molecule has 0 saturated heterocycles. The molecule has 0 radical (unpaired) electrons. The Hall–Kier alpha value is -2.67. The number of rotatable bonds is 7. The fraction of sp³-hybridized carbons (Fsp3) is 0.333. The topological polar surface area (TPSA) is 69.4 Å². The normalized spacial score (nSPS) is 12.3. The summed E-state index contributed by atoms with van der Waals surface area (Å²) in [5.41, 5.74) is 0.487. The molecule has 132 valence electrons. The van der Waals surface area contributed by atoms with Gasteiger partial charge in [0, 0.05) is 25.0 Å². The number of aromatic nitrogens is 2. The molecule has 0 fully saturated rings. The maximum absolute atomic E-state index is 13.9. The second-order valence-electron chi connectivity index (χ2n) is 5.54. The van der Waals surface area contributed by atoms with Crippen molar-refractivity contribution < 1.29 is 18.3 Å². The highest BCUT2D eigenvalue weighted by Gasteiger charge is 2.18. The van der Waals surface area contributed by atoms with Crippen molar-refractivity contribution in [2.45, 2.75) is 19.4 Å². The van der Waals surface area contributed by atoms with Gasteiger partial charge in [-0.15, -0.1) is 0 Å². The van der Waals surface area contributed by atoms with E-state index in [0.717, 1.165) is 17.9 Å². The van der Waals surface area contributed by atoms with Crippen LogP contribution in [0.4, 0.5) is 10.2 Å². The van der Waals surface area contributed by atoms with Crippen molar-refractivity contribution in [3.05, 3.63) is 47.9 Å². The summed E-state index contributed by atoms with van der Waals surface area (Å²) in [5.74, 6) is 1.88. The van der Waals surface area contributed by atoms with Crippen LogP contribution in [0.3, 0.4) is 0 Å². The predicted molar refractivity (Wildman–Crippen MR) is 92.4 cm³/mol. The first kappa shape index (κ1) is 17.2. The first-order valence-electron chi connectivity index (χ1n) is 7.98. The van der Waals surface area contributed by atoms with E-state index in [4.69, 9.17) is 13.9 Å². The van der Waals surface area contributed by atoms with E-state index in [9.17, 15) is 4.39 Å². The summed E-state index contributed by atoms with van der Waals surface area (Å²) in [7, 11) is 3.04. The second kappa shape index (κ2) is 7.48. The third kappa shape index (κ3) is 3.56. The molecule has 1 unspecified atom stereocenters. The van der Waals surface area contributed by atoms with Crippen LogP contribution in [0.5, 0.6) is 5.75 Å². The largest absolute Gasteiger partial charge is 0.494 e. The molecule has 0 amide bonds. The summed E-state index contributed by atoms with van der Waals surface area (Å²) < 4.78 is 30.1. The van der Waals surface area contributed by atoms with E-state index in [-0.39, 0.29) is 11.8 Å². The fourth-order valence-electron chi connectivity index (χ4n) is 2.63. The van der Waals surface area contributed by atoms with Crippen LogP contribution >= 0.6 is 0 Å². The summed E-state index contributed by atoms with van der Waals surface area (Å²) in [6, 6.07) is 6.53. The van der Waals surface area contributed by atoms with Gasteiger partial charge in [0.25, 0.3) is 0 Å². The standard InChI is InChI=1S/C18H20FN3O3/c1-4-11-5-6-16(25-11)15(9-23-2)22-18-12-7-17(24-3)13(19)8-14(12)20-10-21-18/h5-8,10,15H,4,9H2,1-3H3,(H,20,21,22). The van der Waals surface area contributed by atoms with E-state index < -0.39 is 5.82 Å². The smallest absolute Gasteiger partial charge is 0.167 e. The first-order valence-corrected chi connectivity index (χ1v) is 7.98. The quantitative estimate of drug-likeness (QED) is 0.704. The molecule has 2 heterocycles. The molecule has 1 aromatic carbocycles. The Morgan fingerprint density at radius 1 is 1.24 bits per heavy atom. The van der Waals surface area contributed by atoms with Gasteiger partial charge < -0.3 is 19.2 Å². The molecule has 0 spiro atoms. The van der Waals surface area contributed by atoms with E-state index in [1.165, 1.54) is 19.5 Å². The number of fused-ring (bicyclic) bond motifs is 1. The lowest BCUT2D eigenvalue weighted by molar-refractivity contribution is 0.178. The molecule has 0 aliphatic carbocycles. The minimum Gasteiger partial charge on any atom is -0.494 e. The van der Waals surface area contributed by atoms with Crippen molar-refractivity contribution in [1.82, 2.24) is 9.97 Å². The Morgan fingerprint density at radius 3 is 2.76 bits per heavy atom. The number of ether oxygens (including phenoxy) is 2. The highest BCUT2D eigenvalue weighted by atomic mass is 19.1. The van der Waals surface area contributed by atoms with Gasteiger partial charge in [0.2, 0.25) is 0 Å². The van der Waals surface area contributed by atoms with Gasteiger partial charge in [-0.2, -0.15) is 0 Å². The van der Waals surface area contributed by atoms with Crippen LogP contribution in [0, 0.1) is 5.82 Å². The van der Waals surface area contributed by atoms with Crippen LogP contribution in [-0.2, 0) is 11.2 Å². The third-order valence-corrected chi connectivity index (χ3v) is 3.93. The molecule has 7 heteroatoms. The van der Waals surface area contributed by atoms with Crippen LogP contribution < -0.4 is 10.1 Å². The van der Waals surface area contributed by atoms with Crippen molar-refractivity contribution in [3.63, 3.8) is 0 Å². The molecule has 0 aliphatic heterocycles. The summed E-state index contributed by atoms with van der Waals surface area (Å²) in [6.07, 6.45) is 2.20. The van der Waals surface area contributed by atoms with Crippen molar-refractivity contribution in [2.75, 3.05) is 26.1 Å². The Kier molecular flexibility index (Phi) is 5.14. The summed E-state index contributed by atoms with van der Waals surface area (Å²) in [6.45, 7) is 2.42. The number of aryl methyl sites for hydroxylation is 1. The fourth-order valence-corrected chi connectivity index (χ4v) is 2.63. The van der Waals surface area contributed by atoms with Gasteiger partial charge >= 0.3 is 0 Å². The lowest BCUT2D eigenvalue weighted by Gasteiger charge is -2.18. The molecule has 1 atom stereocenters. The lowest BCUT2D eigenvalue weighted by atomic mass is 10.2. The molecular weight excluding hydrogens is 325 g/mol. The van der Waals surface area contributed by atoms with Gasteiger partial charge in [-0.25, -0.2) is 14.4 Å². The summed E-state index contributed by atoms with van der Waals surface area (Å²) >= 11 is 0. The number of nitrogens with zero attached hydrogens (tertiary/aromatic N) is 2. The molecule has 0 aliphatic rings. The number of anilines is 1. The SMILES string of the molecule is CCc1ccc(C(COC)Nc2ncnc3cc(F)c(OC)cc23)o1. The maximum Gasteiger partial charge on any atom is 0.167 e. The van der Waals surface area contributed by atoms with Crippen LogP contribution in [-0.4, -0.2) is 30.8 Å². The first-order chi connectivity index (χ1) is 12.2. The number of halogens is 1. The number of hydrogen-bond donors (Lipinski definition) is 1. The average molecular weight is 345 g/mol. The maximum atomic E-state index is 13.9. The molecule has 6 nitrogen and oxygen atoms in total. The Labute approximate surface area is 145 Å². The van der Waals surface area contributed by atoms with Gasteiger partial charge in [0.1, 0.15) is 29.7 Å². The summed E-state index contributed by atoms with van der Waals surface area (Å²) in [5, 5.41) is 3.96. The average Bonchev–Trinajstić information content (AvgIpc) is 3.10. The highest BCUT2D eigenvalue weighted by Crippen LogP contribution is 2.30. The molecule has 3 aromatic rings. The zero-order chi connectivity index (χ0) is 17.8. The van der Waals surface area contributed by atoms with Crippen LogP contribution in [0.2, 0.25) is 0 Å². The van der Waals surface area contributed by atoms with Crippen LogP contribution in [0.15, 0.2) is 35.0 Å². The molecular formula is C18H20FN3O3. The van der Waals surface area contributed by atoms with E-state index in [1.807, 2.05) is 19.1 Å². The Morgan fingerprint density at radius 2 is 2.08 bits per heavy atom. The third-order valence-electron chi connectivity index (χ3n) is 3.93. The van der Waals surface area contributed by atoms with E-state index in [0.29, 0.717) is 23.3 Å². The van der Waals surface area contributed by atoms with E-state index in [1.54, 1.807) is 13.2 Å². The van der Waals surface area contributed by atoms with Crippen LogP contribution in [0.1, 0.15) is 24.5 Å².